The lowest BCUT2D eigenvalue weighted by Crippen LogP contribution is -2.16. The molecule has 27 heavy (non-hydrogen) atoms. The highest BCUT2D eigenvalue weighted by Crippen LogP contribution is 2.38. The van der Waals surface area contributed by atoms with Crippen molar-refractivity contribution in [3.63, 3.8) is 0 Å². The van der Waals surface area contributed by atoms with Crippen molar-refractivity contribution in [2.75, 3.05) is 29.9 Å². The Morgan fingerprint density at radius 1 is 1.07 bits per heavy atom. The summed E-state index contributed by atoms with van der Waals surface area (Å²) in [5, 5.41) is 12.2. The Bertz CT molecular complexity index is 857. The molecule has 0 aromatic carbocycles. The van der Waals surface area contributed by atoms with Gasteiger partial charge in [0.25, 0.3) is 0 Å². The topological polar surface area (TPSA) is 87.1 Å². The number of pyridine rings is 2. The third kappa shape index (κ3) is 4.03. The fourth-order valence-electron chi connectivity index (χ4n) is 3.02. The van der Waals surface area contributed by atoms with Gasteiger partial charge in [-0.1, -0.05) is 13.8 Å². The van der Waals surface area contributed by atoms with Crippen LogP contribution in [0.3, 0.4) is 0 Å². The normalized spacial score (nSPS) is 12.2. The number of nitrogens with one attached hydrogen (secondary N) is 1. The molecule has 4 heterocycles. The first-order chi connectivity index (χ1) is 13.4. The molecule has 4 rings (SSSR count). The van der Waals surface area contributed by atoms with Gasteiger partial charge in [0.1, 0.15) is 5.82 Å². The maximum Gasteiger partial charge on any atom is 0.225 e. The summed E-state index contributed by atoms with van der Waals surface area (Å²) in [6.07, 6.45) is 7.99. The smallest absolute Gasteiger partial charge is 0.225 e. The van der Waals surface area contributed by atoms with Crippen molar-refractivity contribution in [3.8, 4) is 11.3 Å². The summed E-state index contributed by atoms with van der Waals surface area (Å²) in [6, 6.07) is 7.84. The second-order valence-electron chi connectivity index (χ2n) is 5.70. The van der Waals surface area contributed by atoms with Gasteiger partial charge in [0.05, 0.1) is 24.2 Å². The van der Waals surface area contributed by atoms with E-state index in [0.29, 0.717) is 12.5 Å². The van der Waals surface area contributed by atoms with Crippen LogP contribution in [0.25, 0.3) is 11.3 Å². The van der Waals surface area contributed by atoms with Gasteiger partial charge in [0.15, 0.2) is 0 Å². The van der Waals surface area contributed by atoms with Crippen LogP contribution in [-0.2, 0) is 6.42 Å². The van der Waals surface area contributed by atoms with E-state index >= 15 is 0 Å². The van der Waals surface area contributed by atoms with Crippen molar-refractivity contribution in [2.45, 2.75) is 20.3 Å². The molecule has 0 amide bonds. The molecule has 7 nitrogen and oxygen atoms in total. The molecule has 7 heteroatoms. The highest BCUT2D eigenvalue weighted by molar-refractivity contribution is 5.76. The summed E-state index contributed by atoms with van der Waals surface area (Å²) in [6.45, 7) is 5.26. The van der Waals surface area contributed by atoms with E-state index in [4.69, 9.17) is 5.11 Å². The molecule has 0 spiro atoms. The Morgan fingerprint density at radius 3 is 2.59 bits per heavy atom. The fraction of sp³-hybridized carbons (Fsp3) is 0.300. The van der Waals surface area contributed by atoms with Crippen LogP contribution >= 0.6 is 0 Å². The summed E-state index contributed by atoms with van der Waals surface area (Å²) < 4.78 is 0. The zero-order valence-electron chi connectivity index (χ0n) is 15.6. The second-order valence-corrected chi connectivity index (χ2v) is 5.70. The molecular formula is C20H24N6O. The maximum atomic E-state index is 9.09. The summed E-state index contributed by atoms with van der Waals surface area (Å²) in [5.74, 6) is 1.39. The van der Waals surface area contributed by atoms with Crippen LogP contribution in [0.4, 0.5) is 17.5 Å². The molecule has 0 aliphatic carbocycles. The molecule has 0 saturated carbocycles. The van der Waals surface area contributed by atoms with E-state index in [9.17, 15) is 0 Å². The summed E-state index contributed by atoms with van der Waals surface area (Å²) in [4.78, 5) is 19.8. The number of aliphatic hydroxyl groups excluding tert-OH is 1. The van der Waals surface area contributed by atoms with Crippen LogP contribution in [0.2, 0.25) is 0 Å². The quantitative estimate of drug-likeness (QED) is 0.719. The minimum Gasteiger partial charge on any atom is -0.395 e. The minimum absolute atomic E-state index is 0.0252. The largest absolute Gasteiger partial charge is 0.395 e. The van der Waals surface area contributed by atoms with Crippen molar-refractivity contribution < 1.29 is 5.11 Å². The van der Waals surface area contributed by atoms with Gasteiger partial charge in [-0.3, -0.25) is 9.97 Å². The van der Waals surface area contributed by atoms with E-state index in [2.05, 4.69) is 30.2 Å². The van der Waals surface area contributed by atoms with Crippen LogP contribution in [0.5, 0.6) is 0 Å². The number of hydrogen-bond donors (Lipinski definition) is 2. The van der Waals surface area contributed by atoms with Gasteiger partial charge in [0, 0.05) is 42.8 Å². The van der Waals surface area contributed by atoms with Gasteiger partial charge in [-0.05, 0) is 30.7 Å². The van der Waals surface area contributed by atoms with Gasteiger partial charge < -0.3 is 15.3 Å². The van der Waals surface area contributed by atoms with Gasteiger partial charge in [-0.2, -0.15) is 4.98 Å². The van der Waals surface area contributed by atoms with E-state index in [1.165, 1.54) is 0 Å². The van der Waals surface area contributed by atoms with Gasteiger partial charge in [-0.25, -0.2) is 4.98 Å². The van der Waals surface area contributed by atoms with Crippen LogP contribution in [0, 0.1) is 0 Å². The standard InChI is InChI=1S/C18H18N6O.C2H6/c25-11-9-21-18-22-16(13-3-7-19-8-4-13)15-5-10-24(17(15)23-18)14-2-1-6-20-12-14;1-2/h1-4,6-8,12,25H,5,9-11H2,(H,21,22,23);1-2H3. The Hall–Kier alpha value is -3.06. The van der Waals surface area contributed by atoms with Gasteiger partial charge in [0.2, 0.25) is 5.95 Å². The third-order valence-corrected chi connectivity index (χ3v) is 4.13. The number of anilines is 3. The lowest BCUT2D eigenvalue weighted by Gasteiger charge is -2.19. The Labute approximate surface area is 159 Å². The second kappa shape index (κ2) is 9.05. The van der Waals surface area contributed by atoms with Crippen molar-refractivity contribution in [1.82, 2.24) is 19.9 Å². The molecule has 0 saturated heterocycles. The minimum atomic E-state index is 0.0252. The molecule has 1 aliphatic heterocycles. The predicted molar refractivity (Wildman–Crippen MR) is 107 cm³/mol. The molecule has 0 atom stereocenters. The van der Waals surface area contributed by atoms with Crippen LogP contribution in [0.15, 0.2) is 49.1 Å². The van der Waals surface area contributed by atoms with E-state index in [1.54, 1.807) is 18.6 Å². The summed E-state index contributed by atoms with van der Waals surface area (Å²) >= 11 is 0. The first-order valence-electron chi connectivity index (χ1n) is 9.20. The Kier molecular flexibility index (Phi) is 6.27. The van der Waals surface area contributed by atoms with Crippen molar-refractivity contribution in [1.29, 1.82) is 0 Å². The van der Waals surface area contributed by atoms with E-state index in [-0.39, 0.29) is 6.61 Å². The Balaban J connectivity index is 0.00000102. The summed E-state index contributed by atoms with van der Waals surface area (Å²) in [5.41, 5.74) is 4.03. The number of fused-ring (bicyclic) bond motifs is 1. The summed E-state index contributed by atoms with van der Waals surface area (Å²) in [7, 11) is 0. The lowest BCUT2D eigenvalue weighted by atomic mass is 10.1. The highest BCUT2D eigenvalue weighted by Gasteiger charge is 2.27. The average molecular weight is 364 g/mol. The van der Waals surface area contributed by atoms with Gasteiger partial charge in [-0.15, -0.1) is 0 Å². The Morgan fingerprint density at radius 2 is 1.89 bits per heavy atom. The van der Waals surface area contributed by atoms with Crippen molar-refractivity contribution in [2.24, 2.45) is 0 Å². The van der Waals surface area contributed by atoms with Gasteiger partial charge >= 0.3 is 0 Å². The maximum absolute atomic E-state index is 9.09. The van der Waals surface area contributed by atoms with Crippen LogP contribution in [-0.4, -0.2) is 44.7 Å². The number of nitrogens with zero attached hydrogens (tertiary/aromatic N) is 5. The zero-order chi connectivity index (χ0) is 19.1. The molecule has 1 aliphatic rings. The predicted octanol–water partition coefficient (Wildman–Crippen LogP) is 3.06. The average Bonchev–Trinajstić information content (AvgIpc) is 3.18. The number of aromatic nitrogens is 4. The first-order valence-corrected chi connectivity index (χ1v) is 9.20. The molecule has 3 aromatic rings. The molecular weight excluding hydrogens is 340 g/mol. The molecule has 0 bridgehead atoms. The number of hydrogen-bond acceptors (Lipinski definition) is 7. The monoisotopic (exact) mass is 364 g/mol. The molecule has 0 unspecified atom stereocenters. The lowest BCUT2D eigenvalue weighted by molar-refractivity contribution is 0.311. The molecule has 140 valence electrons. The molecule has 3 aromatic heterocycles. The van der Waals surface area contributed by atoms with Crippen LogP contribution < -0.4 is 10.2 Å². The molecule has 2 N–H and O–H groups in total. The zero-order valence-corrected chi connectivity index (χ0v) is 15.6. The van der Waals surface area contributed by atoms with E-state index < -0.39 is 0 Å². The van der Waals surface area contributed by atoms with E-state index in [0.717, 1.165) is 41.3 Å². The third-order valence-electron chi connectivity index (χ3n) is 4.13. The highest BCUT2D eigenvalue weighted by atomic mass is 16.3. The molecule has 0 fully saturated rings. The van der Waals surface area contributed by atoms with E-state index in [1.807, 2.05) is 44.3 Å². The van der Waals surface area contributed by atoms with Crippen LogP contribution in [0.1, 0.15) is 19.4 Å². The SMILES string of the molecule is CC.OCCNc1nc(-c2ccncc2)c2c(n1)N(c1cccnc1)CC2. The molecule has 0 radical (unpaired) electrons. The fourth-order valence-corrected chi connectivity index (χ4v) is 3.02. The first kappa shape index (κ1) is 18.7. The van der Waals surface area contributed by atoms with Crippen molar-refractivity contribution in [3.05, 3.63) is 54.6 Å². The number of rotatable bonds is 5. The number of aliphatic hydroxyl groups is 1. The van der Waals surface area contributed by atoms with Crippen molar-refractivity contribution >= 4 is 17.5 Å².